The van der Waals surface area contributed by atoms with E-state index in [1.54, 1.807) is 0 Å². The average molecular weight is 343 g/mol. The molecule has 1 aromatic carbocycles. The molecule has 1 aromatic rings. The van der Waals surface area contributed by atoms with Crippen molar-refractivity contribution in [1.82, 2.24) is 4.90 Å². The van der Waals surface area contributed by atoms with Gasteiger partial charge in [0.1, 0.15) is 0 Å². The van der Waals surface area contributed by atoms with Crippen LogP contribution in [0.5, 0.6) is 0 Å². The minimum atomic E-state index is -4.65. The fraction of sp³-hybridized carbons (Fsp3) is 0.611. The first-order chi connectivity index (χ1) is 10.9. The van der Waals surface area contributed by atoms with Gasteiger partial charge >= 0.3 is 6.18 Å². The zero-order valence-electron chi connectivity index (χ0n) is 14.3. The number of piperidine rings is 1. The van der Waals surface area contributed by atoms with E-state index in [0.717, 1.165) is 11.1 Å². The van der Waals surface area contributed by atoms with E-state index < -0.39 is 30.0 Å². The van der Waals surface area contributed by atoms with Gasteiger partial charge in [0, 0.05) is 32.4 Å². The fourth-order valence-corrected chi connectivity index (χ4v) is 3.01. The summed E-state index contributed by atoms with van der Waals surface area (Å²) in [5.41, 5.74) is -0.924. The van der Waals surface area contributed by atoms with Gasteiger partial charge in [-0.3, -0.25) is 4.79 Å². The third-order valence-corrected chi connectivity index (χ3v) is 4.90. The van der Waals surface area contributed by atoms with Gasteiger partial charge in [-0.2, -0.15) is 13.2 Å². The Kier molecular flexibility index (Phi) is 5.00. The summed E-state index contributed by atoms with van der Waals surface area (Å²) in [6, 6.07) is 7.90. The van der Waals surface area contributed by atoms with Crippen LogP contribution in [0.3, 0.4) is 0 Å². The second-order valence-electron chi connectivity index (χ2n) is 7.34. The molecule has 6 heteroatoms. The maximum absolute atomic E-state index is 12.8. The second kappa shape index (κ2) is 6.39. The van der Waals surface area contributed by atoms with Crippen molar-refractivity contribution < 1.29 is 23.1 Å². The van der Waals surface area contributed by atoms with Crippen molar-refractivity contribution >= 4 is 5.91 Å². The Morgan fingerprint density at radius 3 is 2.12 bits per heavy atom. The van der Waals surface area contributed by atoms with Gasteiger partial charge in [-0.15, -0.1) is 0 Å². The van der Waals surface area contributed by atoms with E-state index in [-0.39, 0.29) is 25.4 Å². The van der Waals surface area contributed by atoms with Crippen LogP contribution in [0.25, 0.3) is 0 Å². The summed E-state index contributed by atoms with van der Waals surface area (Å²) < 4.78 is 38.5. The zero-order valence-corrected chi connectivity index (χ0v) is 14.3. The van der Waals surface area contributed by atoms with Crippen molar-refractivity contribution in [2.45, 2.75) is 57.2 Å². The SMILES string of the molecule is Cc1ccc(C(C)(C)CC(=O)N2CCC(O)(C(F)(F)F)CC2)cc1. The summed E-state index contributed by atoms with van der Waals surface area (Å²) in [5, 5.41) is 9.68. The number of carbonyl (C=O) groups is 1. The maximum Gasteiger partial charge on any atom is 0.417 e. The van der Waals surface area contributed by atoms with E-state index in [9.17, 15) is 23.1 Å². The Morgan fingerprint density at radius 2 is 1.67 bits per heavy atom. The Balaban J connectivity index is 2.00. The molecule has 2 rings (SSSR count). The third kappa shape index (κ3) is 3.91. The summed E-state index contributed by atoms with van der Waals surface area (Å²) in [6.07, 6.45) is -5.36. The average Bonchev–Trinajstić information content (AvgIpc) is 2.46. The number of aryl methyl sites for hydroxylation is 1. The van der Waals surface area contributed by atoms with Gasteiger partial charge in [-0.1, -0.05) is 43.7 Å². The van der Waals surface area contributed by atoms with Crippen LogP contribution in [0.2, 0.25) is 0 Å². The summed E-state index contributed by atoms with van der Waals surface area (Å²) >= 11 is 0. The molecule has 1 N–H and O–H groups in total. The van der Waals surface area contributed by atoms with Crippen molar-refractivity contribution in [3.63, 3.8) is 0 Å². The van der Waals surface area contributed by atoms with Crippen LogP contribution in [-0.2, 0) is 10.2 Å². The number of hydrogen-bond acceptors (Lipinski definition) is 2. The first-order valence-electron chi connectivity index (χ1n) is 8.09. The van der Waals surface area contributed by atoms with Gasteiger partial charge in [-0.25, -0.2) is 0 Å². The molecular weight excluding hydrogens is 319 g/mol. The molecule has 0 atom stereocenters. The standard InChI is InChI=1S/C18H24F3NO2/c1-13-4-6-14(7-5-13)16(2,3)12-15(23)22-10-8-17(24,9-11-22)18(19,20)21/h4-7,24H,8-12H2,1-3H3. The van der Waals surface area contributed by atoms with Crippen molar-refractivity contribution in [3.05, 3.63) is 35.4 Å². The van der Waals surface area contributed by atoms with Gasteiger partial charge in [0.05, 0.1) is 0 Å². The molecule has 0 radical (unpaired) electrons. The molecular formula is C18H24F3NO2. The highest BCUT2D eigenvalue weighted by Crippen LogP contribution is 2.39. The lowest BCUT2D eigenvalue weighted by Crippen LogP contribution is -2.54. The van der Waals surface area contributed by atoms with Crippen LogP contribution in [-0.4, -0.2) is 40.8 Å². The molecule has 1 amide bonds. The number of amides is 1. The van der Waals surface area contributed by atoms with Crippen LogP contribution in [0.4, 0.5) is 13.2 Å². The Labute approximate surface area is 140 Å². The molecule has 24 heavy (non-hydrogen) atoms. The molecule has 0 unspecified atom stereocenters. The van der Waals surface area contributed by atoms with Gasteiger partial charge in [0.25, 0.3) is 0 Å². The van der Waals surface area contributed by atoms with E-state index in [1.807, 2.05) is 45.0 Å². The van der Waals surface area contributed by atoms with Crippen molar-refractivity contribution in [2.75, 3.05) is 13.1 Å². The Hall–Kier alpha value is -1.56. The predicted molar refractivity (Wildman–Crippen MR) is 85.6 cm³/mol. The lowest BCUT2D eigenvalue weighted by molar-refractivity contribution is -0.272. The second-order valence-corrected chi connectivity index (χ2v) is 7.34. The highest BCUT2D eigenvalue weighted by molar-refractivity contribution is 5.78. The summed E-state index contributed by atoms with van der Waals surface area (Å²) in [5.74, 6) is -0.176. The molecule has 0 aromatic heterocycles. The number of nitrogens with zero attached hydrogens (tertiary/aromatic N) is 1. The molecule has 1 saturated heterocycles. The quantitative estimate of drug-likeness (QED) is 0.911. The lowest BCUT2D eigenvalue weighted by Gasteiger charge is -2.40. The van der Waals surface area contributed by atoms with E-state index in [1.165, 1.54) is 4.90 Å². The van der Waals surface area contributed by atoms with Crippen molar-refractivity contribution in [3.8, 4) is 0 Å². The first kappa shape index (κ1) is 18.8. The van der Waals surface area contributed by atoms with Crippen molar-refractivity contribution in [2.24, 2.45) is 0 Å². The summed E-state index contributed by atoms with van der Waals surface area (Å²) in [7, 11) is 0. The fourth-order valence-electron chi connectivity index (χ4n) is 3.01. The number of likely N-dealkylation sites (tertiary alicyclic amines) is 1. The molecule has 1 fully saturated rings. The number of carbonyl (C=O) groups excluding carboxylic acids is 1. The van der Waals surface area contributed by atoms with E-state index in [4.69, 9.17) is 0 Å². The largest absolute Gasteiger partial charge is 0.417 e. The van der Waals surface area contributed by atoms with Gasteiger partial charge in [-0.05, 0) is 17.9 Å². The van der Waals surface area contributed by atoms with Gasteiger partial charge < -0.3 is 10.0 Å². The van der Waals surface area contributed by atoms with Gasteiger partial charge in [0.15, 0.2) is 5.60 Å². The molecule has 1 aliphatic rings. The Morgan fingerprint density at radius 1 is 1.17 bits per heavy atom. The third-order valence-electron chi connectivity index (χ3n) is 4.90. The highest BCUT2D eigenvalue weighted by atomic mass is 19.4. The van der Waals surface area contributed by atoms with Crippen LogP contribution < -0.4 is 0 Å². The minimum Gasteiger partial charge on any atom is -0.380 e. The number of halogens is 3. The number of alkyl halides is 3. The van der Waals surface area contributed by atoms with E-state index in [2.05, 4.69) is 0 Å². The number of hydrogen-bond donors (Lipinski definition) is 1. The lowest BCUT2D eigenvalue weighted by atomic mass is 9.80. The summed E-state index contributed by atoms with van der Waals surface area (Å²) in [6.45, 7) is 5.74. The monoisotopic (exact) mass is 343 g/mol. The molecule has 0 saturated carbocycles. The van der Waals surface area contributed by atoms with E-state index >= 15 is 0 Å². The maximum atomic E-state index is 12.8. The molecule has 134 valence electrons. The molecule has 0 bridgehead atoms. The Bertz CT molecular complexity index is 585. The number of rotatable bonds is 3. The van der Waals surface area contributed by atoms with Crippen LogP contribution >= 0.6 is 0 Å². The molecule has 0 spiro atoms. The molecule has 1 aliphatic heterocycles. The zero-order chi connectivity index (χ0) is 18.2. The number of benzene rings is 1. The smallest absolute Gasteiger partial charge is 0.380 e. The van der Waals surface area contributed by atoms with Crippen molar-refractivity contribution in [1.29, 1.82) is 0 Å². The minimum absolute atomic E-state index is 0.0706. The molecule has 1 heterocycles. The topological polar surface area (TPSA) is 40.5 Å². The molecule has 0 aliphatic carbocycles. The summed E-state index contributed by atoms with van der Waals surface area (Å²) in [4.78, 5) is 13.9. The van der Waals surface area contributed by atoms with Crippen LogP contribution in [0.1, 0.15) is 44.2 Å². The molecule has 3 nitrogen and oxygen atoms in total. The van der Waals surface area contributed by atoms with E-state index in [0.29, 0.717) is 0 Å². The van der Waals surface area contributed by atoms with Crippen LogP contribution in [0, 0.1) is 6.92 Å². The number of aliphatic hydroxyl groups is 1. The first-order valence-corrected chi connectivity index (χ1v) is 8.09. The predicted octanol–water partition coefficient (Wildman–Crippen LogP) is 3.58. The normalized spacial score (nSPS) is 18.5. The highest BCUT2D eigenvalue weighted by Gasteiger charge is 2.54. The van der Waals surface area contributed by atoms with Crippen LogP contribution in [0.15, 0.2) is 24.3 Å². The van der Waals surface area contributed by atoms with Gasteiger partial charge in [0.2, 0.25) is 5.91 Å².